The molecule has 2 bridgehead atoms. The lowest BCUT2D eigenvalue weighted by molar-refractivity contribution is -0.126. The summed E-state index contributed by atoms with van der Waals surface area (Å²) in [4.78, 5) is 12.1. The Kier molecular flexibility index (Phi) is 4.66. The molecule has 2 aliphatic carbocycles. The third kappa shape index (κ3) is 2.87. The van der Waals surface area contributed by atoms with E-state index in [0.717, 1.165) is 24.7 Å². The molecule has 5 atom stereocenters. The monoisotopic (exact) mass is 252 g/mol. The largest absolute Gasteiger partial charge is 0.353 e. The zero-order valence-corrected chi connectivity index (χ0v) is 11.8. The summed E-state index contributed by atoms with van der Waals surface area (Å²) < 4.78 is 0. The minimum Gasteiger partial charge on any atom is -0.353 e. The summed E-state index contributed by atoms with van der Waals surface area (Å²) in [7, 11) is 0. The van der Waals surface area contributed by atoms with E-state index in [1.807, 2.05) is 0 Å². The number of carbonyl (C=O) groups excluding carboxylic acids is 1. The molecule has 0 aromatic carbocycles. The predicted octanol–water partition coefficient (Wildman–Crippen LogP) is 2.30. The zero-order chi connectivity index (χ0) is 13.1. The van der Waals surface area contributed by atoms with Crippen molar-refractivity contribution in [2.24, 2.45) is 29.4 Å². The SMILES string of the molecule is CCCC(CN)C(=O)NC(C)C1CC2CCC1C2. The number of hydrogen-bond acceptors (Lipinski definition) is 2. The average Bonchev–Trinajstić information content (AvgIpc) is 2.97. The van der Waals surface area contributed by atoms with Gasteiger partial charge in [0.15, 0.2) is 0 Å². The fourth-order valence-electron chi connectivity index (χ4n) is 4.06. The standard InChI is InChI=1S/C15H28N2O/c1-3-4-13(9-16)15(18)17-10(2)14-8-11-5-6-12(14)7-11/h10-14H,3-9,16H2,1-2H3,(H,17,18). The Hall–Kier alpha value is -0.570. The number of fused-ring (bicyclic) bond motifs is 2. The van der Waals surface area contributed by atoms with Gasteiger partial charge in [-0.2, -0.15) is 0 Å². The molecule has 3 nitrogen and oxygen atoms in total. The van der Waals surface area contributed by atoms with Crippen molar-refractivity contribution < 1.29 is 4.79 Å². The van der Waals surface area contributed by atoms with Gasteiger partial charge in [-0.25, -0.2) is 0 Å². The van der Waals surface area contributed by atoms with Crippen LogP contribution in [0.2, 0.25) is 0 Å². The fourth-order valence-corrected chi connectivity index (χ4v) is 4.06. The summed E-state index contributed by atoms with van der Waals surface area (Å²) in [6.45, 7) is 4.77. The molecule has 18 heavy (non-hydrogen) atoms. The Bertz CT molecular complexity index is 292. The van der Waals surface area contributed by atoms with E-state index in [1.165, 1.54) is 25.7 Å². The second-order valence-corrected chi connectivity index (χ2v) is 6.36. The van der Waals surface area contributed by atoms with E-state index in [2.05, 4.69) is 19.2 Å². The van der Waals surface area contributed by atoms with Gasteiger partial charge in [0.2, 0.25) is 5.91 Å². The Morgan fingerprint density at radius 3 is 2.67 bits per heavy atom. The maximum atomic E-state index is 12.1. The fraction of sp³-hybridized carbons (Fsp3) is 0.933. The van der Waals surface area contributed by atoms with Gasteiger partial charge < -0.3 is 11.1 Å². The van der Waals surface area contributed by atoms with E-state index in [4.69, 9.17) is 5.73 Å². The van der Waals surface area contributed by atoms with E-state index in [1.54, 1.807) is 0 Å². The lowest BCUT2D eigenvalue weighted by Gasteiger charge is -2.29. The number of nitrogens with two attached hydrogens (primary N) is 1. The quantitative estimate of drug-likeness (QED) is 0.762. The van der Waals surface area contributed by atoms with E-state index < -0.39 is 0 Å². The van der Waals surface area contributed by atoms with Crippen LogP contribution in [0, 0.1) is 23.7 Å². The normalized spacial score (nSPS) is 33.4. The topological polar surface area (TPSA) is 55.1 Å². The van der Waals surface area contributed by atoms with Crippen molar-refractivity contribution in [2.45, 2.75) is 58.4 Å². The second kappa shape index (κ2) is 6.05. The highest BCUT2D eigenvalue weighted by atomic mass is 16.1. The molecule has 1 amide bonds. The number of amides is 1. The van der Waals surface area contributed by atoms with E-state index >= 15 is 0 Å². The van der Waals surface area contributed by atoms with Gasteiger partial charge in [-0.05, 0) is 50.4 Å². The summed E-state index contributed by atoms with van der Waals surface area (Å²) in [5, 5.41) is 3.22. The van der Waals surface area contributed by atoms with Gasteiger partial charge in [-0.3, -0.25) is 4.79 Å². The molecular formula is C15H28N2O. The molecule has 5 unspecified atom stereocenters. The number of carbonyl (C=O) groups is 1. The summed E-state index contributed by atoms with van der Waals surface area (Å²) in [6, 6.07) is 0.332. The minimum atomic E-state index is 0.0102. The number of hydrogen-bond donors (Lipinski definition) is 2. The van der Waals surface area contributed by atoms with Gasteiger partial charge in [-0.1, -0.05) is 19.8 Å². The van der Waals surface area contributed by atoms with Crippen molar-refractivity contribution in [3.05, 3.63) is 0 Å². The molecule has 0 radical (unpaired) electrons. The maximum absolute atomic E-state index is 12.1. The molecule has 2 fully saturated rings. The molecule has 2 aliphatic rings. The summed E-state index contributed by atoms with van der Waals surface area (Å²) >= 11 is 0. The van der Waals surface area contributed by atoms with E-state index in [-0.39, 0.29) is 11.8 Å². The lowest BCUT2D eigenvalue weighted by atomic mass is 9.83. The first-order valence-electron chi connectivity index (χ1n) is 7.66. The van der Waals surface area contributed by atoms with Gasteiger partial charge in [0.1, 0.15) is 0 Å². The second-order valence-electron chi connectivity index (χ2n) is 6.36. The molecule has 2 saturated carbocycles. The van der Waals surface area contributed by atoms with Crippen LogP contribution in [-0.4, -0.2) is 18.5 Å². The first kappa shape index (κ1) is 13.9. The first-order valence-corrected chi connectivity index (χ1v) is 7.66. The molecule has 0 aromatic heterocycles. The van der Waals surface area contributed by atoms with Crippen molar-refractivity contribution >= 4 is 5.91 Å². The smallest absolute Gasteiger partial charge is 0.224 e. The summed E-state index contributed by atoms with van der Waals surface area (Å²) in [5.74, 6) is 2.71. The highest BCUT2D eigenvalue weighted by molar-refractivity contribution is 5.79. The van der Waals surface area contributed by atoms with Gasteiger partial charge in [0, 0.05) is 12.6 Å². The summed E-state index contributed by atoms with van der Waals surface area (Å²) in [6.07, 6.45) is 7.46. The van der Waals surface area contributed by atoms with Crippen molar-refractivity contribution in [1.82, 2.24) is 5.32 Å². The van der Waals surface area contributed by atoms with Crippen LogP contribution >= 0.6 is 0 Å². The van der Waals surface area contributed by atoms with Gasteiger partial charge in [0.05, 0.1) is 5.92 Å². The van der Waals surface area contributed by atoms with Crippen molar-refractivity contribution in [3.63, 3.8) is 0 Å². The Balaban J connectivity index is 1.83. The molecule has 0 saturated heterocycles. The molecule has 3 heteroatoms. The van der Waals surface area contributed by atoms with Crippen LogP contribution < -0.4 is 11.1 Å². The third-order valence-electron chi connectivity index (χ3n) is 5.10. The first-order chi connectivity index (χ1) is 8.65. The Morgan fingerprint density at radius 2 is 2.17 bits per heavy atom. The minimum absolute atomic E-state index is 0.0102. The molecular weight excluding hydrogens is 224 g/mol. The van der Waals surface area contributed by atoms with Crippen molar-refractivity contribution in [3.8, 4) is 0 Å². The van der Waals surface area contributed by atoms with Gasteiger partial charge in [-0.15, -0.1) is 0 Å². The van der Waals surface area contributed by atoms with Crippen LogP contribution in [-0.2, 0) is 4.79 Å². The molecule has 0 spiro atoms. The van der Waals surface area contributed by atoms with Gasteiger partial charge in [0.25, 0.3) is 0 Å². The van der Waals surface area contributed by atoms with Crippen molar-refractivity contribution in [1.29, 1.82) is 0 Å². The number of nitrogens with one attached hydrogen (secondary N) is 1. The average molecular weight is 252 g/mol. The Morgan fingerprint density at radius 1 is 1.39 bits per heavy atom. The van der Waals surface area contributed by atoms with Crippen LogP contribution in [0.5, 0.6) is 0 Å². The zero-order valence-electron chi connectivity index (χ0n) is 11.8. The van der Waals surface area contributed by atoms with E-state index in [0.29, 0.717) is 18.5 Å². The summed E-state index contributed by atoms with van der Waals surface area (Å²) in [5.41, 5.74) is 5.69. The maximum Gasteiger partial charge on any atom is 0.224 e. The predicted molar refractivity (Wildman–Crippen MR) is 74.0 cm³/mol. The van der Waals surface area contributed by atoms with Crippen LogP contribution in [0.4, 0.5) is 0 Å². The molecule has 0 heterocycles. The molecule has 0 aromatic rings. The molecule has 0 aliphatic heterocycles. The van der Waals surface area contributed by atoms with Crippen LogP contribution in [0.3, 0.4) is 0 Å². The molecule has 104 valence electrons. The van der Waals surface area contributed by atoms with Gasteiger partial charge >= 0.3 is 0 Å². The number of rotatable bonds is 6. The Labute approximate surface area is 111 Å². The van der Waals surface area contributed by atoms with Crippen LogP contribution in [0.1, 0.15) is 52.4 Å². The highest BCUT2D eigenvalue weighted by Crippen LogP contribution is 2.49. The molecule has 3 N–H and O–H groups in total. The lowest BCUT2D eigenvalue weighted by Crippen LogP contribution is -2.44. The third-order valence-corrected chi connectivity index (χ3v) is 5.10. The van der Waals surface area contributed by atoms with E-state index in [9.17, 15) is 4.79 Å². The van der Waals surface area contributed by atoms with Crippen LogP contribution in [0.25, 0.3) is 0 Å². The molecule has 2 rings (SSSR count). The van der Waals surface area contributed by atoms with Crippen LogP contribution in [0.15, 0.2) is 0 Å². The van der Waals surface area contributed by atoms with Crippen molar-refractivity contribution in [2.75, 3.05) is 6.54 Å². The highest BCUT2D eigenvalue weighted by Gasteiger charge is 2.42.